The van der Waals surface area contributed by atoms with Crippen molar-refractivity contribution in [2.24, 2.45) is 0 Å². The Morgan fingerprint density at radius 2 is 2.25 bits per heavy atom. The first kappa shape index (κ1) is 13.8. The quantitative estimate of drug-likeness (QED) is 0.938. The summed E-state index contributed by atoms with van der Waals surface area (Å²) in [5.41, 5.74) is 0.429. The molecule has 0 spiro atoms. The minimum absolute atomic E-state index is 0.151. The fourth-order valence-corrected chi connectivity index (χ4v) is 1.60. The van der Waals surface area contributed by atoms with E-state index in [0.29, 0.717) is 22.2 Å². The number of nitrogens with one attached hydrogen (secondary N) is 1. The smallest absolute Gasteiger partial charge is 0.263 e. The molecule has 0 unspecified atom stereocenters. The molecule has 0 saturated carbocycles. The molecule has 0 aliphatic carbocycles. The predicted molar refractivity (Wildman–Crippen MR) is 74.5 cm³/mol. The highest BCUT2D eigenvalue weighted by molar-refractivity contribution is 6.30. The van der Waals surface area contributed by atoms with Crippen LogP contribution >= 0.6 is 11.6 Å². The number of hydrogen-bond acceptors (Lipinski definition) is 4. The molecule has 1 aromatic carbocycles. The molecule has 100 valence electrons. The molecule has 0 bridgehead atoms. The Kier molecular flexibility index (Phi) is 4.53. The normalized spacial score (nSPS) is 9.60. The third-order valence-electron chi connectivity index (χ3n) is 2.33. The fraction of sp³-hybridized carbons (Fsp3) is 0.0714. The van der Waals surface area contributed by atoms with Gasteiger partial charge in [0, 0.05) is 11.2 Å². The summed E-state index contributed by atoms with van der Waals surface area (Å²) in [6, 6.07) is 11.8. The molecule has 5 nitrogen and oxygen atoms in total. The number of carbonyl (C=O) groups excluding carboxylic acids is 1. The Hall–Kier alpha value is -2.58. The molecule has 20 heavy (non-hydrogen) atoms. The topological polar surface area (TPSA) is 75.0 Å². The number of nitrogens with zero attached hydrogens (tertiary/aromatic N) is 2. The number of amides is 1. The Bertz CT molecular complexity index is 650. The minimum Gasteiger partial charge on any atom is -0.484 e. The SMILES string of the molecule is N#Cc1ccc(NC(=O)COc2cccc(Cl)c2)nc1. The summed E-state index contributed by atoms with van der Waals surface area (Å²) >= 11 is 5.80. The zero-order valence-corrected chi connectivity index (χ0v) is 11.1. The summed E-state index contributed by atoms with van der Waals surface area (Å²) in [6.07, 6.45) is 1.38. The van der Waals surface area contributed by atoms with Gasteiger partial charge in [0.2, 0.25) is 0 Å². The van der Waals surface area contributed by atoms with Gasteiger partial charge in [-0.2, -0.15) is 5.26 Å². The van der Waals surface area contributed by atoms with E-state index in [0.717, 1.165) is 0 Å². The Labute approximate surface area is 120 Å². The lowest BCUT2D eigenvalue weighted by molar-refractivity contribution is -0.118. The van der Waals surface area contributed by atoms with Crippen molar-refractivity contribution in [1.82, 2.24) is 4.98 Å². The van der Waals surface area contributed by atoms with Crippen molar-refractivity contribution in [1.29, 1.82) is 5.26 Å². The molecule has 2 rings (SSSR count). The number of nitriles is 1. The van der Waals surface area contributed by atoms with Gasteiger partial charge in [-0.05, 0) is 30.3 Å². The van der Waals surface area contributed by atoms with Gasteiger partial charge in [-0.15, -0.1) is 0 Å². The van der Waals surface area contributed by atoms with Gasteiger partial charge in [0.1, 0.15) is 17.6 Å². The molecule has 6 heteroatoms. The minimum atomic E-state index is -0.345. The molecule has 0 radical (unpaired) electrons. The van der Waals surface area contributed by atoms with E-state index < -0.39 is 0 Å². The largest absolute Gasteiger partial charge is 0.484 e. The highest BCUT2D eigenvalue weighted by Gasteiger charge is 2.05. The molecule has 0 atom stereocenters. The number of hydrogen-bond donors (Lipinski definition) is 1. The Balaban J connectivity index is 1.87. The number of aromatic nitrogens is 1. The molecule has 1 amide bonds. The molecule has 1 aromatic heterocycles. The van der Waals surface area contributed by atoms with Crippen molar-refractivity contribution < 1.29 is 9.53 Å². The van der Waals surface area contributed by atoms with E-state index >= 15 is 0 Å². The first-order chi connectivity index (χ1) is 9.67. The van der Waals surface area contributed by atoms with Gasteiger partial charge in [0.25, 0.3) is 5.91 Å². The van der Waals surface area contributed by atoms with Crippen LogP contribution in [0.25, 0.3) is 0 Å². The van der Waals surface area contributed by atoms with Crippen LogP contribution in [-0.4, -0.2) is 17.5 Å². The molecule has 0 saturated heterocycles. The van der Waals surface area contributed by atoms with Gasteiger partial charge in [-0.1, -0.05) is 17.7 Å². The number of rotatable bonds is 4. The molecule has 2 aromatic rings. The van der Waals surface area contributed by atoms with Crippen molar-refractivity contribution in [2.45, 2.75) is 0 Å². The molecular weight excluding hydrogens is 278 g/mol. The van der Waals surface area contributed by atoms with Crippen LogP contribution in [0.4, 0.5) is 5.82 Å². The molecule has 1 N–H and O–H groups in total. The van der Waals surface area contributed by atoms with Crippen LogP contribution in [0.15, 0.2) is 42.6 Å². The number of halogens is 1. The van der Waals surface area contributed by atoms with E-state index in [9.17, 15) is 4.79 Å². The van der Waals surface area contributed by atoms with Crippen LogP contribution in [0, 0.1) is 11.3 Å². The summed E-state index contributed by atoms with van der Waals surface area (Å²) in [6.45, 7) is -0.151. The molecule has 0 fully saturated rings. The molecule has 0 aliphatic rings. The maximum atomic E-state index is 11.7. The average Bonchev–Trinajstić information content (AvgIpc) is 2.46. The van der Waals surface area contributed by atoms with E-state index in [1.54, 1.807) is 36.4 Å². The van der Waals surface area contributed by atoms with E-state index in [1.165, 1.54) is 6.20 Å². The third kappa shape index (κ3) is 3.97. The first-order valence-corrected chi connectivity index (χ1v) is 6.09. The van der Waals surface area contributed by atoms with E-state index in [1.807, 2.05) is 6.07 Å². The highest BCUT2D eigenvalue weighted by Crippen LogP contribution is 2.17. The lowest BCUT2D eigenvalue weighted by atomic mass is 10.3. The number of pyridine rings is 1. The van der Waals surface area contributed by atoms with Gasteiger partial charge in [-0.25, -0.2) is 4.98 Å². The number of carbonyl (C=O) groups is 1. The fourth-order valence-electron chi connectivity index (χ4n) is 1.42. The maximum Gasteiger partial charge on any atom is 0.263 e. The number of benzene rings is 1. The summed E-state index contributed by atoms with van der Waals surface area (Å²) in [5.74, 6) is 0.534. The predicted octanol–water partition coefficient (Wildman–Crippen LogP) is 2.62. The van der Waals surface area contributed by atoms with Gasteiger partial charge in [0.15, 0.2) is 6.61 Å². The number of anilines is 1. The van der Waals surface area contributed by atoms with Gasteiger partial charge in [0.05, 0.1) is 5.56 Å². The summed E-state index contributed by atoms with van der Waals surface area (Å²) in [5, 5.41) is 11.7. The molecule has 0 aliphatic heterocycles. The first-order valence-electron chi connectivity index (χ1n) is 5.72. The number of ether oxygens (including phenoxy) is 1. The van der Waals surface area contributed by atoms with E-state index in [4.69, 9.17) is 21.6 Å². The van der Waals surface area contributed by atoms with Gasteiger partial charge < -0.3 is 10.1 Å². The second-order valence-electron chi connectivity index (χ2n) is 3.84. The lowest BCUT2D eigenvalue weighted by Crippen LogP contribution is -2.20. The summed E-state index contributed by atoms with van der Waals surface area (Å²) in [4.78, 5) is 15.6. The van der Waals surface area contributed by atoms with E-state index in [-0.39, 0.29) is 12.5 Å². The van der Waals surface area contributed by atoms with Crippen LogP contribution in [0.2, 0.25) is 5.02 Å². The average molecular weight is 288 g/mol. The van der Waals surface area contributed by atoms with Crippen LogP contribution in [0.1, 0.15) is 5.56 Å². The molecular formula is C14H10ClN3O2. The van der Waals surface area contributed by atoms with Crippen molar-refractivity contribution in [3.8, 4) is 11.8 Å². The van der Waals surface area contributed by atoms with Crippen LogP contribution in [0.3, 0.4) is 0 Å². The van der Waals surface area contributed by atoms with Crippen LogP contribution in [-0.2, 0) is 4.79 Å². The van der Waals surface area contributed by atoms with Crippen molar-refractivity contribution in [3.05, 3.63) is 53.2 Å². The van der Waals surface area contributed by atoms with Gasteiger partial charge in [-0.3, -0.25) is 4.79 Å². The van der Waals surface area contributed by atoms with Crippen LogP contribution < -0.4 is 10.1 Å². The second-order valence-corrected chi connectivity index (χ2v) is 4.27. The van der Waals surface area contributed by atoms with Crippen LogP contribution in [0.5, 0.6) is 5.75 Å². The Morgan fingerprint density at radius 3 is 2.90 bits per heavy atom. The highest BCUT2D eigenvalue weighted by atomic mass is 35.5. The standard InChI is InChI=1S/C14H10ClN3O2/c15-11-2-1-3-12(6-11)20-9-14(19)18-13-5-4-10(7-16)8-17-13/h1-6,8H,9H2,(H,17,18,19). The monoisotopic (exact) mass is 287 g/mol. The summed E-state index contributed by atoms with van der Waals surface area (Å²) in [7, 11) is 0. The van der Waals surface area contributed by atoms with Crippen molar-refractivity contribution >= 4 is 23.3 Å². The van der Waals surface area contributed by atoms with Crippen molar-refractivity contribution in [3.63, 3.8) is 0 Å². The zero-order valence-electron chi connectivity index (χ0n) is 10.3. The lowest BCUT2D eigenvalue weighted by Gasteiger charge is -2.07. The van der Waals surface area contributed by atoms with E-state index in [2.05, 4.69) is 10.3 Å². The third-order valence-corrected chi connectivity index (χ3v) is 2.56. The van der Waals surface area contributed by atoms with Gasteiger partial charge >= 0.3 is 0 Å². The summed E-state index contributed by atoms with van der Waals surface area (Å²) < 4.78 is 5.29. The second kappa shape index (κ2) is 6.55. The maximum absolute atomic E-state index is 11.7. The Morgan fingerprint density at radius 1 is 1.40 bits per heavy atom. The molecule has 1 heterocycles. The zero-order chi connectivity index (χ0) is 14.4. The van der Waals surface area contributed by atoms with Crippen molar-refractivity contribution in [2.75, 3.05) is 11.9 Å².